The molecule has 0 radical (unpaired) electrons. The van der Waals surface area contributed by atoms with Crippen LogP contribution in [0.5, 0.6) is 0 Å². The summed E-state index contributed by atoms with van der Waals surface area (Å²) >= 11 is 0. The Morgan fingerprint density at radius 1 is 1.00 bits per heavy atom. The Bertz CT molecular complexity index is 1110. The molecule has 0 aliphatic carbocycles. The van der Waals surface area contributed by atoms with E-state index in [9.17, 15) is 13.2 Å². The molecule has 4 rings (SSSR count). The van der Waals surface area contributed by atoms with Gasteiger partial charge in [-0.2, -0.15) is 33.1 Å². The highest BCUT2D eigenvalue weighted by atomic mass is 19.4. The molecule has 0 fully saturated rings. The van der Waals surface area contributed by atoms with Crippen molar-refractivity contribution in [3.8, 4) is 11.4 Å². The van der Waals surface area contributed by atoms with E-state index in [1.165, 1.54) is 0 Å². The van der Waals surface area contributed by atoms with E-state index < -0.39 is 12.1 Å². The van der Waals surface area contributed by atoms with Crippen LogP contribution in [0.2, 0.25) is 0 Å². The van der Waals surface area contributed by atoms with Gasteiger partial charge in [0.1, 0.15) is 11.0 Å². The Morgan fingerprint density at radius 2 is 1.74 bits per heavy atom. The molecular formula is C18H14F3N5O. The number of aromatic nitrogens is 5. The van der Waals surface area contributed by atoms with Gasteiger partial charge < -0.3 is 4.52 Å². The van der Waals surface area contributed by atoms with E-state index in [1.807, 2.05) is 26.0 Å². The lowest BCUT2D eigenvalue weighted by molar-refractivity contribution is -0.159. The van der Waals surface area contributed by atoms with Crippen LogP contribution in [0.1, 0.15) is 22.6 Å². The molecule has 0 unspecified atom stereocenters. The molecule has 6 nitrogen and oxygen atoms in total. The highest BCUT2D eigenvalue weighted by Gasteiger charge is 2.38. The van der Waals surface area contributed by atoms with Crippen LogP contribution in [0, 0.1) is 13.8 Å². The number of nitrogens with zero attached hydrogens (tertiary/aromatic N) is 5. The predicted octanol–water partition coefficient (Wildman–Crippen LogP) is 4.17. The zero-order valence-corrected chi connectivity index (χ0v) is 14.4. The number of fused-ring (bicyclic) bond motifs is 1. The maximum absolute atomic E-state index is 12.6. The molecule has 2 aromatic carbocycles. The molecule has 0 saturated heterocycles. The normalized spacial score (nSPS) is 12.0. The van der Waals surface area contributed by atoms with Crippen molar-refractivity contribution in [2.24, 2.45) is 0 Å². The van der Waals surface area contributed by atoms with Gasteiger partial charge in [-0.1, -0.05) is 35.5 Å². The standard InChI is InChI=1S/C18H14F3N5O/c1-10-3-8-14-15(11(10)2)24-26(23-14)9-12-4-6-13(7-5-12)16-22-17(27-25-16)18(19,20)21/h3-8H,9H2,1-2H3. The maximum atomic E-state index is 12.6. The van der Waals surface area contributed by atoms with E-state index >= 15 is 0 Å². The Hall–Kier alpha value is -3.23. The lowest BCUT2D eigenvalue weighted by Gasteiger charge is -2.01. The predicted molar refractivity (Wildman–Crippen MR) is 90.8 cm³/mol. The van der Waals surface area contributed by atoms with Crippen molar-refractivity contribution in [2.45, 2.75) is 26.6 Å². The van der Waals surface area contributed by atoms with Gasteiger partial charge >= 0.3 is 12.1 Å². The summed E-state index contributed by atoms with van der Waals surface area (Å²) in [7, 11) is 0. The molecule has 0 aliphatic rings. The molecule has 2 aromatic heterocycles. The molecule has 0 amide bonds. The summed E-state index contributed by atoms with van der Waals surface area (Å²) in [5.74, 6) is -1.47. The maximum Gasteiger partial charge on any atom is 0.471 e. The summed E-state index contributed by atoms with van der Waals surface area (Å²) in [6.07, 6.45) is -4.66. The largest absolute Gasteiger partial charge is 0.471 e. The number of benzene rings is 2. The third-order valence-corrected chi connectivity index (χ3v) is 4.32. The van der Waals surface area contributed by atoms with Crippen LogP contribution in [0.15, 0.2) is 40.9 Å². The second-order valence-corrected chi connectivity index (χ2v) is 6.22. The summed E-state index contributed by atoms with van der Waals surface area (Å²) in [5.41, 5.74) is 5.25. The van der Waals surface area contributed by atoms with Crippen LogP contribution in [0.3, 0.4) is 0 Å². The van der Waals surface area contributed by atoms with Crippen LogP contribution < -0.4 is 0 Å². The van der Waals surface area contributed by atoms with Crippen molar-refractivity contribution in [2.75, 3.05) is 0 Å². The third kappa shape index (κ3) is 3.27. The molecule has 2 heterocycles. The minimum Gasteiger partial charge on any atom is -0.329 e. The zero-order valence-electron chi connectivity index (χ0n) is 14.4. The fourth-order valence-corrected chi connectivity index (χ4v) is 2.70. The van der Waals surface area contributed by atoms with Crippen molar-refractivity contribution < 1.29 is 17.7 Å². The SMILES string of the molecule is Cc1ccc2nn(Cc3ccc(-c4noc(C(F)(F)F)n4)cc3)nc2c1C. The minimum absolute atomic E-state index is 0.108. The molecule has 0 bridgehead atoms. The first kappa shape index (κ1) is 17.2. The summed E-state index contributed by atoms with van der Waals surface area (Å²) in [5, 5.41) is 12.4. The molecule has 9 heteroatoms. The van der Waals surface area contributed by atoms with Gasteiger partial charge in [-0.25, -0.2) is 0 Å². The summed E-state index contributed by atoms with van der Waals surface area (Å²) < 4.78 is 41.9. The summed E-state index contributed by atoms with van der Waals surface area (Å²) in [4.78, 5) is 4.98. The number of hydrogen-bond acceptors (Lipinski definition) is 5. The van der Waals surface area contributed by atoms with Crippen LogP contribution in [-0.2, 0) is 12.7 Å². The summed E-state index contributed by atoms with van der Waals surface area (Å²) in [6, 6.07) is 10.7. The van der Waals surface area contributed by atoms with Gasteiger partial charge in [-0.3, -0.25) is 0 Å². The Labute approximate surface area is 151 Å². The molecule has 138 valence electrons. The van der Waals surface area contributed by atoms with E-state index in [-0.39, 0.29) is 5.82 Å². The number of alkyl halides is 3. The van der Waals surface area contributed by atoms with E-state index in [1.54, 1.807) is 29.1 Å². The zero-order chi connectivity index (χ0) is 19.2. The smallest absolute Gasteiger partial charge is 0.329 e. The molecule has 0 aliphatic heterocycles. The van der Waals surface area contributed by atoms with Crippen molar-refractivity contribution in [1.82, 2.24) is 25.1 Å². The molecule has 0 saturated carbocycles. The summed E-state index contributed by atoms with van der Waals surface area (Å²) in [6.45, 7) is 4.47. The highest BCUT2D eigenvalue weighted by Crippen LogP contribution is 2.29. The Kier molecular flexibility index (Phi) is 3.94. The van der Waals surface area contributed by atoms with Crippen LogP contribution in [0.4, 0.5) is 13.2 Å². The fraction of sp³-hybridized carbons (Fsp3) is 0.222. The van der Waals surface area contributed by atoms with Gasteiger partial charge in [0.15, 0.2) is 0 Å². The van der Waals surface area contributed by atoms with Gasteiger partial charge in [0, 0.05) is 5.56 Å². The van der Waals surface area contributed by atoms with Gasteiger partial charge in [0.25, 0.3) is 0 Å². The second kappa shape index (κ2) is 6.19. The number of rotatable bonds is 3. The molecule has 4 aromatic rings. The van der Waals surface area contributed by atoms with Crippen LogP contribution in [0.25, 0.3) is 22.4 Å². The Balaban J connectivity index is 1.56. The fourth-order valence-electron chi connectivity index (χ4n) is 2.70. The monoisotopic (exact) mass is 373 g/mol. The number of hydrogen-bond donors (Lipinski definition) is 0. The molecule has 0 spiro atoms. The Morgan fingerprint density at radius 3 is 2.41 bits per heavy atom. The van der Waals surface area contributed by atoms with Crippen molar-refractivity contribution in [3.63, 3.8) is 0 Å². The lowest BCUT2D eigenvalue weighted by atomic mass is 10.1. The van der Waals surface area contributed by atoms with Gasteiger partial charge in [0.05, 0.1) is 6.54 Å². The first-order chi connectivity index (χ1) is 12.8. The molecule has 0 atom stereocenters. The van der Waals surface area contributed by atoms with Crippen LogP contribution in [-0.4, -0.2) is 25.1 Å². The van der Waals surface area contributed by atoms with Crippen molar-refractivity contribution in [1.29, 1.82) is 0 Å². The van der Waals surface area contributed by atoms with E-state index in [0.717, 1.165) is 27.7 Å². The second-order valence-electron chi connectivity index (χ2n) is 6.22. The lowest BCUT2D eigenvalue weighted by Crippen LogP contribution is -2.05. The van der Waals surface area contributed by atoms with Gasteiger partial charge in [-0.15, -0.1) is 0 Å². The first-order valence-electron chi connectivity index (χ1n) is 8.12. The van der Waals surface area contributed by atoms with E-state index in [0.29, 0.717) is 12.1 Å². The topological polar surface area (TPSA) is 69.6 Å². The third-order valence-electron chi connectivity index (χ3n) is 4.32. The quantitative estimate of drug-likeness (QED) is 0.539. The average molecular weight is 373 g/mol. The number of halogens is 3. The molecule has 0 N–H and O–H groups in total. The van der Waals surface area contributed by atoms with E-state index in [4.69, 9.17) is 0 Å². The van der Waals surface area contributed by atoms with Crippen molar-refractivity contribution >= 4 is 11.0 Å². The minimum atomic E-state index is -4.66. The van der Waals surface area contributed by atoms with Gasteiger partial charge in [0.2, 0.25) is 5.82 Å². The first-order valence-corrected chi connectivity index (χ1v) is 8.12. The van der Waals surface area contributed by atoms with E-state index in [2.05, 4.69) is 24.9 Å². The van der Waals surface area contributed by atoms with Crippen LogP contribution >= 0.6 is 0 Å². The number of aryl methyl sites for hydroxylation is 2. The van der Waals surface area contributed by atoms with Crippen molar-refractivity contribution in [3.05, 3.63) is 59.0 Å². The van der Waals surface area contributed by atoms with Gasteiger partial charge in [-0.05, 0) is 36.6 Å². The highest BCUT2D eigenvalue weighted by molar-refractivity contribution is 5.78. The molecular weight excluding hydrogens is 359 g/mol. The average Bonchev–Trinajstić information content (AvgIpc) is 3.26. The molecule has 27 heavy (non-hydrogen) atoms.